The summed E-state index contributed by atoms with van der Waals surface area (Å²) in [6, 6.07) is 6.93. The van der Waals surface area contributed by atoms with Crippen LogP contribution in [0.5, 0.6) is 5.75 Å². The van der Waals surface area contributed by atoms with E-state index in [2.05, 4.69) is 0 Å². The topological polar surface area (TPSA) is 49.9 Å². The maximum absolute atomic E-state index is 11.9. The fourth-order valence-electron chi connectivity index (χ4n) is 1.87. The minimum atomic E-state index is -0.0782. The summed E-state index contributed by atoms with van der Waals surface area (Å²) in [4.78, 5) is 25.8. The van der Waals surface area contributed by atoms with Crippen LogP contribution in [0.15, 0.2) is 24.3 Å². The first-order valence-corrected chi connectivity index (χ1v) is 6.42. The van der Waals surface area contributed by atoms with E-state index in [-0.39, 0.29) is 12.5 Å². The molecule has 0 bridgehead atoms. The van der Waals surface area contributed by atoms with E-state index >= 15 is 0 Å². The van der Waals surface area contributed by atoms with Crippen LogP contribution in [0.1, 0.15) is 0 Å². The van der Waals surface area contributed by atoms with Crippen molar-refractivity contribution < 1.29 is 14.3 Å². The molecule has 0 radical (unpaired) electrons. The molecule has 1 saturated heterocycles. The number of hydrogen-bond acceptors (Lipinski definition) is 3. The maximum Gasteiger partial charge on any atom is 0.260 e. The summed E-state index contributed by atoms with van der Waals surface area (Å²) in [5.74, 6) is 0.498. The Labute approximate surface area is 116 Å². The molecule has 1 aromatic carbocycles. The van der Waals surface area contributed by atoms with Crippen LogP contribution in [0.3, 0.4) is 0 Å². The van der Waals surface area contributed by atoms with Crippen LogP contribution in [0.2, 0.25) is 5.02 Å². The van der Waals surface area contributed by atoms with Gasteiger partial charge in [0, 0.05) is 31.2 Å². The van der Waals surface area contributed by atoms with Gasteiger partial charge in [0.2, 0.25) is 6.41 Å². The number of benzene rings is 1. The van der Waals surface area contributed by atoms with E-state index in [0.717, 1.165) is 6.41 Å². The number of hydrogen-bond donors (Lipinski definition) is 0. The zero-order valence-electron chi connectivity index (χ0n) is 10.4. The molecule has 6 heteroatoms. The summed E-state index contributed by atoms with van der Waals surface area (Å²) in [6.07, 6.45) is 0.810. The number of halogens is 1. The summed E-state index contributed by atoms with van der Waals surface area (Å²) in [7, 11) is 0. The SMILES string of the molecule is O=CN1CCN(C(=O)COc2cccc(Cl)c2)CC1. The largest absolute Gasteiger partial charge is 0.484 e. The summed E-state index contributed by atoms with van der Waals surface area (Å²) in [5.41, 5.74) is 0. The number of ether oxygens (including phenoxy) is 1. The van der Waals surface area contributed by atoms with E-state index in [1.165, 1.54) is 0 Å². The van der Waals surface area contributed by atoms with Gasteiger partial charge in [0.25, 0.3) is 5.91 Å². The predicted molar refractivity (Wildman–Crippen MR) is 71.2 cm³/mol. The normalized spacial score (nSPS) is 15.2. The predicted octanol–water partition coefficient (Wildman–Crippen LogP) is 1.02. The second-order valence-corrected chi connectivity index (χ2v) is 4.70. The zero-order valence-corrected chi connectivity index (χ0v) is 11.2. The molecule has 2 rings (SSSR count). The van der Waals surface area contributed by atoms with E-state index in [0.29, 0.717) is 37.0 Å². The summed E-state index contributed by atoms with van der Waals surface area (Å²) in [5, 5.41) is 0.574. The Morgan fingerprint density at radius 1 is 1.32 bits per heavy atom. The number of piperazine rings is 1. The van der Waals surface area contributed by atoms with Crippen molar-refractivity contribution in [3.05, 3.63) is 29.3 Å². The van der Waals surface area contributed by atoms with Gasteiger partial charge >= 0.3 is 0 Å². The van der Waals surface area contributed by atoms with Crippen molar-refractivity contribution in [1.82, 2.24) is 9.80 Å². The van der Waals surface area contributed by atoms with Crippen molar-refractivity contribution in [1.29, 1.82) is 0 Å². The van der Waals surface area contributed by atoms with Crippen LogP contribution in [-0.4, -0.2) is 54.9 Å². The molecular formula is C13H15ClN2O3. The highest BCUT2D eigenvalue weighted by molar-refractivity contribution is 6.30. The van der Waals surface area contributed by atoms with Crippen LogP contribution in [0.25, 0.3) is 0 Å². The molecule has 0 saturated carbocycles. The standard InChI is InChI=1S/C13H15ClN2O3/c14-11-2-1-3-12(8-11)19-9-13(18)16-6-4-15(10-17)5-7-16/h1-3,8,10H,4-7,9H2. The minimum Gasteiger partial charge on any atom is -0.484 e. The molecular weight excluding hydrogens is 268 g/mol. The fraction of sp³-hybridized carbons (Fsp3) is 0.385. The van der Waals surface area contributed by atoms with Crippen molar-refractivity contribution in [2.45, 2.75) is 0 Å². The minimum absolute atomic E-state index is 0.0125. The van der Waals surface area contributed by atoms with Gasteiger partial charge in [-0.15, -0.1) is 0 Å². The van der Waals surface area contributed by atoms with Crippen LogP contribution < -0.4 is 4.74 Å². The van der Waals surface area contributed by atoms with E-state index in [1.54, 1.807) is 34.1 Å². The number of carbonyl (C=O) groups is 2. The zero-order chi connectivity index (χ0) is 13.7. The molecule has 1 heterocycles. The van der Waals surface area contributed by atoms with Crippen molar-refractivity contribution in [3.8, 4) is 5.75 Å². The second-order valence-electron chi connectivity index (χ2n) is 4.27. The van der Waals surface area contributed by atoms with Crippen LogP contribution in [0.4, 0.5) is 0 Å². The van der Waals surface area contributed by atoms with E-state index in [1.807, 2.05) is 0 Å². The molecule has 0 aliphatic carbocycles. The fourth-order valence-corrected chi connectivity index (χ4v) is 2.05. The molecule has 0 N–H and O–H groups in total. The molecule has 19 heavy (non-hydrogen) atoms. The van der Waals surface area contributed by atoms with Gasteiger partial charge in [0.15, 0.2) is 6.61 Å². The average Bonchev–Trinajstić information content (AvgIpc) is 2.45. The van der Waals surface area contributed by atoms with Crippen LogP contribution >= 0.6 is 11.6 Å². The van der Waals surface area contributed by atoms with E-state index < -0.39 is 0 Å². The van der Waals surface area contributed by atoms with Gasteiger partial charge in [-0.05, 0) is 18.2 Å². The highest BCUT2D eigenvalue weighted by Crippen LogP contribution is 2.17. The summed E-state index contributed by atoms with van der Waals surface area (Å²) in [6.45, 7) is 2.24. The Hall–Kier alpha value is -1.75. The van der Waals surface area contributed by atoms with Gasteiger partial charge in [-0.1, -0.05) is 17.7 Å². The third kappa shape index (κ3) is 3.86. The molecule has 0 spiro atoms. The third-order valence-electron chi connectivity index (χ3n) is 2.97. The molecule has 2 amide bonds. The lowest BCUT2D eigenvalue weighted by Gasteiger charge is -2.32. The highest BCUT2D eigenvalue weighted by Gasteiger charge is 2.20. The lowest BCUT2D eigenvalue weighted by Crippen LogP contribution is -2.49. The number of amides is 2. The third-order valence-corrected chi connectivity index (χ3v) is 3.21. The lowest BCUT2D eigenvalue weighted by molar-refractivity contribution is -0.137. The molecule has 0 unspecified atom stereocenters. The molecule has 1 aromatic rings. The molecule has 1 aliphatic rings. The Balaban J connectivity index is 1.80. The Morgan fingerprint density at radius 2 is 2.05 bits per heavy atom. The van der Waals surface area contributed by atoms with Crippen molar-refractivity contribution in [2.75, 3.05) is 32.8 Å². The molecule has 0 aromatic heterocycles. The number of nitrogens with zero attached hydrogens (tertiary/aromatic N) is 2. The average molecular weight is 283 g/mol. The first kappa shape index (κ1) is 13.7. The Morgan fingerprint density at radius 3 is 2.68 bits per heavy atom. The smallest absolute Gasteiger partial charge is 0.260 e. The molecule has 1 aliphatic heterocycles. The monoisotopic (exact) mass is 282 g/mol. The van der Waals surface area contributed by atoms with Crippen LogP contribution in [0, 0.1) is 0 Å². The van der Waals surface area contributed by atoms with E-state index in [9.17, 15) is 9.59 Å². The quantitative estimate of drug-likeness (QED) is 0.775. The molecule has 102 valence electrons. The summed E-state index contributed by atoms with van der Waals surface area (Å²) >= 11 is 5.83. The van der Waals surface area contributed by atoms with E-state index in [4.69, 9.17) is 16.3 Å². The van der Waals surface area contributed by atoms with Gasteiger partial charge in [0.05, 0.1) is 0 Å². The lowest BCUT2D eigenvalue weighted by atomic mass is 10.3. The maximum atomic E-state index is 11.9. The van der Waals surface area contributed by atoms with Gasteiger partial charge in [-0.2, -0.15) is 0 Å². The Bertz CT molecular complexity index is 459. The number of carbonyl (C=O) groups excluding carboxylic acids is 2. The van der Waals surface area contributed by atoms with Crippen molar-refractivity contribution in [2.24, 2.45) is 0 Å². The Kier molecular flexibility index (Phi) is 4.63. The number of rotatable bonds is 4. The van der Waals surface area contributed by atoms with Gasteiger partial charge in [-0.3, -0.25) is 9.59 Å². The summed E-state index contributed by atoms with van der Waals surface area (Å²) < 4.78 is 5.40. The van der Waals surface area contributed by atoms with Gasteiger partial charge in [-0.25, -0.2) is 0 Å². The first-order valence-electron chi connectivity index (χ1n) is 6.04. The van der Waals surface area contributed by atoms with Crippen molar-refractivity contribution in [3.63, 3.8) is 0 Å². The van der Waals surface area contributed by atoms with Crippen LogP contribution in [-0.2, 0) is 9.59 Å². The molecule has 5 nitrogen and oxygen atoms in total. The molecule has 1 fully saturated rings. The molecule has 0 atom stereocenters. The van der Waals surface area contributed by atoms with Crippen molar-refractivity contribution >= 4 is 23.9 Å². The van der Waals surface area contributed by atoms with Gasteiger partial charge < -0.3 is 14.5 Å². The second kappa shape index (κ2) is 6.43. The first-order chi connectivity index (χ1) is 9.19. The highest BCUT2D eigenvalue weighted by atomic mass is 35.5. The van der Waals surface area contributed by atoms with Gasteiger partial charge in [0.1, 0.15) is 5.75 Å².